The first kappa shape index (κ1) is 8.31. The third kappa shape index (κ3) is 3.33. The van der Waals surface area contributed by atoms with Crippen molar-refractivity contribution in [3.63, 3.8) is 0 Å². The van der Waals surface area contributed by atoms with Gasteiger partial charge in [0.2, 0.25) is 0 Å². The SMILES string of the molecule is CCC(C)(C)NSC. The second kappa shape index (κ2) is 3.36. The fraction of sp³-hybridized carbons (Fsp3) is 1.00. The molecule has 0 heterocycles. The van der Waals surface area contributed by atoms with Gasteiger partial charge >= 0.3 is 0 Å². The maximum Gasteiger partial charge on any atom is 0.0223 e. The molecule has 0 aromatic rings. The van der Waals surface area contributed by atoms with Gasteiger partial charge < -0.3 is 0 Å². The highest BCUT2D eigenvalue weighted by atomic mass is 32.2. The lowest BCUT2D eigenvalue weighted by Crippen LogP contribution is -2.32. The van der Waals surface area contributed by atoms with E-state index in [4.69, 9.17) is 0 Å². The van der Waals surface area contributed by atoms with Gasteiger partial charge in [0.05, 0.1) is 0 Å². The molecule has 0 aliphatic rings. The minimum Gasteiger partial charge on any atom is -0.259 e. The van der Waals surface area contributed by atoms with Crippen molar-refractivity contribution in [3.8, 4) is 0 Å². The fourth-order valence-corrected chi connectivity index (χ4v) is 1.05. The molecule has 0 amide bonds. The monoisotopic (exact) mass is 133 g/mol. The van der Waals surface area contributed by atoms with Gasteiger partial charge in [-0.25, -0.2) is 0 Å². The Morgan fingerprint density at radius 1 is 1.50 bits per heavy atom. The van der Waals surface area contributed by atoms with Gasteiger partial charge in [-0.2, -0.15) is 0 Å². The van der Waals surface area contributed by atoms with Crippen LogP contribution in [0.1, 0.15) is 27.2 Å². The van der Waals surface area contributed by atoms with Crippen molar-refractivity contribution in [2.24, 2.45) is 0 Å². The van der Waals surface area contributed by atoms with Gasteiger partial charge in [-0.15, -0.1) is 0 Å². The Balaban J connectivity index is 3.37. The predicted molar refractivity (Wildman–Crippen MR) is 41.0 cm³/mol. The first-order valence-electron chi connectivity index (χ1n) is 2.92. The van der Waals surface area contributed by atoms with Crippen LogP contribution < -0.4 is 4.72 Å². The largest absolute Gasteiger partial charge is 0.259 e. The van der Waals surface area contributed by atoms with E-state index in [0.717, 1.165) is 0 Å². The van der Waals surface area contributed by atoms with Crippen LogP contribution in [0.3, 0.4) is 0 Å². The molecular formula is C6H15NS. The van der Waals surface area contributed by atoms with Crippen LogP contribution >= 0.6 is 11.9 Å². The van der Waals surface area contributed by atoms with Crippen molar-refractivity contribution < 1.29 is 0 Å². The van der Waals surface area contributed by atoms with Crippen LogP contribution in [0, 0.1) is 0 Å². The summed E-state index contributed by atoms with van der Waals surface area (Å²) in [5, 5.41) is 0. The second-order valence-electron chi connectivity index (χ2n) is 2.54. The summed E-state index contributed by atoms with van der Waals surface area (Å²) in [6.45, 7) is 6.58. The molecule has 1 N–H and O–H groups in total. The van der Waals surface area contributed by atoms with E-state index in [9.17, 15) is 0 Å². The summed E-state index contributed by atoms with van der Waals surface area (Å²) < 4.78 is 3.29. The van der Waals surface area contributed by atoms with Crippen LogP contribution in [0.4, 0.5) is 0 Å². The van der Waals surface area contributed by atoms with E-state index in [1.54, 1.807) is 11.9 Å². The number of hydrogen-bond donors (Lipinski definition) is 1. The molecule has 0 radical (unpaired) electrons. The second-order valence-corrected chi connectivity index (χ2v) is 3.16. The minimum absolute atomic E-state index is 0.305. The highest BCUT2D eigenvalue weighted by molar-refractivity contribution is 7.96. The van der Waals surface area contributed by atoms with Crippen molar-refractivity contribution in [2.45, 2.75) is 32.7 Å². The lowest BCUT2D eigenvalue weighted by Gasteiger charge is -2.22. The molecule has 8 heavy (non-hydrogen) atoms. The first-order valence-corrected chi connectivity index (χ1v) is 4.15. The molecule has 0 saturated carbocycles. The molecule has 0 aromatic heterocycles. The zero-order valence-electron chi connectivity index (χ0n) is 6.12. The van der Waals surface area contributed by atoms with Crippen LogP contribution in [0.25, 0.3) is 0 Å². The first-order chi connectivity index (χ1) is 3.62. The van der Waals surface area contributed by atoms with Gasteiger partial charge in [0.15, 0.2) is 0 Å². The molecule has 0 atom stereocenters. The van der Waals surface area contributed by atoms with Gasteiger partial charge in [0, 0.05) is 5.54 Å². The lowest BCUT2D eigenvalue weighted by atomic mass is 10.0. The molecule has 50 valence electrons. The Morgan fingerprint density at radius 2 is 2.00 bits per heavy atom. The Bertz CT molecular complexity index is 61.5. The molecule has 0 aliphatic carbocycles. The van der Waals surface area contributed by atoms with Gasteiger partial charge in [-0.1, -0.05) is 18.9 Å². The molecule has 0 aliphatic heterocycles. The zero-order valence-corrected chi connectivity index (χ0v) is 6.93. The summed E-state index contributed by atoms with van der Waals surface area (Å²) in [6.07, 6.45) is 3.23. The Kier molecular flexibility index (Phi) is 3.49. The molecular weight excluding hydrogens is 118 g/mol. The summed E-state index contributed by atoms with van der Waals surface area (Å²) in [4.78, 5) is 0. The molecule has 0 bridgehead atoms. The van der Waals surface area contributed by atoms with E-state index < -0.39 is 0 Å². The Hall–Kier alpha value is 0.310. The van der Waals surface area contributed by atoms with E-state index in [0.29, 0.717) is 5.54 Å². The molecule has 0 saturated heterocycles. The molecule has 0 unspecified atom stereocenters. The van der Waals surface area contributed by atoms with Gasteiger partial charge in [-0.3, -0.25) is 4.72 Å². The fourth-order valence-electron chi connectivity index (χ4n) is 0.348. The smallest absolute Gasteiger partial charge is 0.0223 e. The molecule has 0 rings (SSSR count). The van der Waals surface area contributed by atoms with Crippen LogP contribution in [0.15, 0.2) is 0 Å². The van der Waals surface area contributed by atoms with E-state index in [1.807, 2.05) is 0 Å². The number of nitrogens with one attached hydrogen (secondary N) is 1. The Morgan fingerprint density at radius 3 is 2.12 bits per heavy atom. The molecule has 0 aromatic carbocycles. The summed E-state index contributed by atoms with van der Waals surface area (Å²) in [7, 11) is 0. The average molecular weight is 133 g/mol. The molecule has 0 fully saturated rings. The van der Waals surface area contributed by atoms with Crippen LogP contribution in [0.2, 0.25) is 0 Å². The van der Waals surface area contributed by atoms with E-state index in [-0.39, 0.29) is 0 Å². The lowest BCUT2D eigenvalue weighted by molar-refractivity contribution is 0.465. The molecule has 1 nitrogen and oxygen atoms in total. The maximum atomic E-state index is 3.29. The third-order valence-electron chi connectivity index (χ3n) is 1.26. The predicted octanol–water partition coefficient (Wildman–Crippen LogP) is 2.04. The van der Waals surface area contributed by atoms with Crippen molar-refractivity contribution >= 4 is 11.9 Å². The normalized spacial score (nSPS) is 12.0. The Labute approximate surface area is 56.4 Å². The quantitative estimate of drug-likeness (QED) is 0.591. The minimum atomic E-state index is 0.305. The van der Waals surface area contributed by atoms with Gasteiger partial charge in [0.25, 0.3) is 0 Å². The van der Waals surface area contributed by atoms with E-state index >= 15 is 0 Å². The topological polar surface area (TPSA) is 12.0 Å². The highest BCUT2D eigenvalue weighted by Crippen LogP contribution is 2.09. The van der Waals surface area contributed by atoms with Crippen molar-refractivity contribution in [1.29, 1.82) is 0 Å². The van der Waals surface area contributed by atoms with Crippen molar-refractivity contribution in [1.82, 2.24) is 4.72 Å². The van der Waals surface area contributed by atoms with Crippen LogP contribution in [-0.4, -0.2) is 11.8 Å². The third-order valence-corrected chi connectivity index (χ3v) is 2.02. The van der Waals surface area contributed by atoms with Gasteiger partial charge in [-0.05, 0) is 26.5 Å². The van der Waals surface area contributed by atoms with Crippen molar-refractivity contribution in [3.05, 3.63) is 0 Å². The van der Waals surface area contributed by atoms with Gasteiger partial charge in [0.1, 0.15) is 0 Å². The standard InChI is InChI=1S/C6H15NS/c1-5-6(2,3)7-8-4/h7H,5H2,1-4H3. The average Bonchev–Trinajstić information content (AvgIpc) is 1.67. The zero-order chi connectivity index (χ0) is 6.62. The maximum absolute atomic E-state index is 3.29. The summed E-state index contributed by atoms with van der Waals surface area (Å²) in [5.74, 6) is 0. The molecule has 0 spiro atoms. The van der Waals surface area contributed by atoms with Crippen molar-refractivity contribution in [2.75, 3.05) is 6.26 Å². The number of hydrogen-bond acceptors (Lipinski definition) is 2. The summed E-state index contributed by atoms with van der Waals surface area (Å²) in [6, 6.07) is 0. The number of rotatable bonds is 3. The van der Waals surface area contributed by atoms with E-state index in [1.165, 1.54) is 6.42 Å². The molecule has 2 heteroatoms. The van der Waals surface area contributed by atoms with E-state index in [2.05, 4.69) is 31.7 Å². The summed E-state index contributed by atoms with van der Waals surface area (Å²) >= 11 is 1.68. The van der Waals surface area contributed by atoms with Crippen LogP contribution in [-0.2, 0) is 0 Å². The van der Waals surface area contributed by atoms with Crippen LogP contribution in [0.5, 0.6) is 0 Å². The highest BCUT2D eigenvalue weighted by Gasteiger charge is 2.11. The summed E-state index contributed by atoms with van der Waals surface area (Å²) in [5.41, 5.74) is 0.305.